The molecule has 1 aromatic carbocycles. The Hall–Kier alpha value is -1.06. The van der Waals surface area contributed by atoms with Crippen LogP contribution in [0.5, 0.6) is 5.75 Å². The van der Waals surface area contributed by atoms with E-state index in [0.29, 0.717) is 25.2 Å². The van der Waals surface area contributed by atoms with Crippen LogP contribution in [-0.2, 0) is 11.2 Å². The first kappa shape index (κ1) is 16.3. The summed E-state index contributed by atoms with van der Waals surface area (Å²) < 4.78 is 11.5. The van der Waals surface area contributed by atoms with Crippen LogP contribution in [-0.4, -0.2) is 26.4 Å². The van der Waals surface area contributed by atoms with Gasteiger partial charge >= 0.3 is 0 Å². The van der Waals surface area contributed by atoms with Gasteiger partial charge in [-0.2, -0.15) is 0 Å². The molecule has 0 aliphatic heterocycles. The second-order valence-corrected chi connectivity index (χ2v) is 6.14. The largest absolute Gasteiger partial charge is 0.491 e. The molecule has 1 N–H and O–H groups in total. The lowest BCUT2D eigenvalue weighted by Crippen LogP contribution is -2.25. The van der Waals surface area contributed by atoms with Crippen molar-refractivity contribution in [2.45, 2.75) is 46.1 Å². The van der Waals surface area contributed by atoms with Gasteiger partial charge in [-0.15, -0.1) is 0 Å². The molecule has 0 spiro atoms. The first-order valence-electron chi connectivity index (χ1n) is 8.28. The normalized spacial score (nSPS) is 17.8. The average molecular weight is 291 g/mol. The summed E-state index contributed by atoms with van der Waals surface area (Å²) in [7, 11) is 0. The number of ether oxygens (including phenoxy) is 2. The highest BCUT2D eigenvalue weighted by Gasteiger charge is 2.21. The highest BCUT2D eigenvalue weighted by Crippen LogP contribution is 2.35. The van der Waals surface area contributed by atoms with Crippen molar-refractivity contribution in [3.8, 4) is 5.75 Å². The Balaban J connectivity index is 1.93. The van der Waals surface area contributed by atoms with E-state index < -0.39 is 0 Å². The van der Waals surface area contributed by atoms with Crippen LogP contribution in [0.3, 0.4) is 0 Å². The Morgan fingerprint density at radius 1 is 1.29 bits per heavy atom. The molecule has 0 saturated carbocycles. The van der Waals surface area contributed by atoms with Crippen LogP contribution in [0, 0.1) is 5.92 Å². The van der Waals surface area contributed by atoms with Crippen LogP contribution in [0.1, 0.15) is 50.8 Å². The van der Waals surface area contributed by atoms with E-state index in [1.807, 2.05) is 0 Å². The molecule has 0 radical (unpaired) electrons. The molecule has 0 saturated heterocycles. The number of hydrogen-bond donors (Lipinski definition) is 1. The molecule has 118 valence electrons. The molecule has 0 fully saturated rings. The van der Waals surface area contributed by atoms with E-state index in [0.717, 1.165) is 25.3 Å². The number of hydrogen-bond acceptors (Lipinski definition) is 3. The lowest BCUT2D eigenvalue weighted by atomic mass is 9.87. The second-order valence-electron chi connectivity index (χ2n) is 6.14. The molecule has 3 nitrogen and oxygen atoms in total. The molecule has 1 atom stereocenters. The highest BCUT2D eigenvalue weighted by molar-refractivity contribution is 5.43. The van der Waals surface area contributed by atoms with Crippen molar-refractivity contribution < 1.29 is 9.47 Å². The number of benzene rings is 1. The van der Waals surface area contributed by atoms with Crippen LogP contribution in [0.25, 0.3) is 0 Å². The Morgan fingerprint density at radius 2 is 2.14 bits per heavy atom. The lowest BCUT2D eigenvalue weighted by Gasteiger charge is -2.27. The van der Waals surface area contributed by atoms with Gasteiger partial charge in [-0.1, -0.05) is 32.9 Å². The van der Waals surface area contributed by atoms with Crippen LogP contribution in [0.2, 0.25) is 0 Å². The molecule has 0 aromatic heterocycles. The van der Waals surface area contributed by atoms with E-state index in [1.165, 1.54) is 24.0 Å². The maximum absolute atomic E-state index is 5.96. The monoisotopic (exact) mass is 291 g/mol. The van der Waals surface area contributed by atoms with Crippen molar-refractivity contribution in [1.29, 1.82) is 0 Å². The van der Waals surface area contributed by atoms with Crippen molar-refractivity contribution in [2.75, 3.05) is 26.4 Å². The zero-order chi connectivity index (χ0) is 15.1. The quantitative estimate of drug-likeness (QED) is 0.740. The first-order chi connectivity index (χ1) is 10.2. The maximum Gasteiger partial charge on any atom is 0.122 e. The highest BCUT2D eigenvalue weighted by atomic mass is 16.5. The third-order valence-electron chi connectivity index (χ3n) is 3.85. The summed E-state index contributed by atoms with van der Waals surface area (Å²) in [5.74, 6) is 1.62. The minimum absolute atomic E-state index is 0.486. The van der Waals surface area contributed by atoms with Gasteiger partial charge in [-0.05, 0) is 48.9 Å². The van der Waals surface area contributed by atoms with Gasteiger partial charge < -0.3 is 14.8 Å². The predicted octanol–water partition coefficient (Wildman–Crippen LogP) is 3.72. The molecule has 1 aromatic rings. The smallest absolute Gasteiger partial charge is 0.122 e. The second kappa shape index (κ2) is 8.40. The van der Waals surface area contributed by atoms with Gasteiger partial charge in [-0.3, -0.25) is 0 Å². The Kier molecular flexibility index (Phi) is 6.52. The number of nitrogens with one attached hydrogen (secondary N) is 1. The molecule has 1 aliphatic rings. The van der Waals surface area contributed by atoms with Gasteiger partial charge in [0.05, 0.1) is 6.61 Å². The van der Waals surface area contributed by atoms with Crippen molar-refractivity contribution in [2.24, 2.45) is 5.92 Å². The third-order valence-corrected chi connectivity index (χ3v) is 3.85. The van der Waals surface area contributed by atoms with E-state index in [4.69, 9.17) is 9.47 Å². The average Bonchev–Trinajstić information content (AvgIpc) is 2.47. The lowest BCUT2D eigenvalue weighted by molar-refractivity contribution is 0.0815. The van der Waals surface area contributed by atoms with Crippen LogP contribution in [0.15, 0.2) is 18.2 Å². The Morgan fingerprint density at radius 3 is 2.90 bits per heavy atom. The van der Waals surface area contributed by atoms with Crippen molar-refractivity contribution in [3.05, 3.63) is 29.3 Å². The molecule has 0 heterocycles. The maximum atomic E-state index is 5.96. The summed E-state index contributed by atoms with van der Waals surface area (Å²) in [5, 5.41) is 3.58. The van der Waals surface area contributed by atoms with Crippen LogP contribution >= 0.6 is 0 Å². The summed E-state index contributed by atoms with van der Waals surface area (Å²) in [6.07, 6.45) is 3.58. The summed E-state index contributed by atoms with van der Waals surface area (Å²) in [5.41, 5.74) is 2.81. The molecule has 0 bridgehead atoms. The zero-order valence-electron chi connectivity index (χ0n) is 13.7. The number of fused-ring (bicyclic) bond motifs is 1. The summed E-state index contributed by atoms with van der Waals surface area (Å²) in [4.78, 5) is 0. The van der Waals surface area contributed by atoms with Crippen molar-refractivity contribution in [3.63, 3.8) is 0 Å². The molecule has 21 heavy (non-hydrogen) atoms. The molecule has 1 unspecified atom stereocenters. The minimum Gasteiger partial charge on any atom is -0.491 e. The van der Waals surface area contributed by atoms with E-state index in [1.54, 1.807) is 0 Å². The number of rotatable bonds is 8. The van der Waals surface area contributed by atoms with Gasteiger partial charge in [0.1, 0.15) is 12.4 Å². The van der Waals surface area contributed by atoms with E-state index in [-0.39, 0.29) is 0 Å². The SMILES string of the molecule is CCNC1CCCc2c(OCCOCC(C)C)cccc21. The third kappa shape index (κ3) is 4.72. The van der Waals surface area contributed by atoms with Crippen molar-refractivity contribution in [1.82, 2.24) is 5.32 Å². The fourth-order valence-electron chi connectivity index (χ4n) is 2.94. The molecule has 2 rings (SSSR count). The first-order valence-corrected chi connectivity index (χ1v) is 8.28. The van der Waals surface area contributed by atoms with Gasteiger partial charge in [0.25, 0.3) is 0 Å². The molecular formula is C18H29NO2. The van der Waals surface area contributed by atoms with E-state index >= 15 is 0 Å². The van der Waals surface area contributed by atoms with E-state index in [2.05, 4.69) is 44.3 Å². The Bertz CT molecular complexity index is 431. The fourth-order valence-corrected chi connectivity index (χ4v) is 2.94. The molecule has 3 heteroatoms. The zero-order valence-corrected chi connectivity index (χ0v) is 13.7. The van der Waals surface area contributed by atoms with Crippen LogP contribution in [0.4, 0.5) is 0 Å². The Labute approximate surface area is 129 Å². The van der Waals surface area contributed by atoms with Gasteiger partial charge in [0.2, 0.25) is 0 Å². The van der Waals surface area contributed by atoms with E-state index in [9.17, 15) is 0 Å². The standard InChI is InChI=1S/C18H29NO2/c1-4-19-17-9-5-8-16-15(17)7-6-10-18(16)21-12-11-20-13-14(2)3/h6-7,10,14,17,19H,4-5,8-9,11-13H2,1-3H3. The molecule has 0 amide bonds. The van der Waals surface area contributed by atoms with Gasteiger partial charge in [-0.25, -0.2) is 0 Å². The van der Waals surface area contributed by atoms with Crippen LogP contribution < -0.4 is 10.1 Å². The van der Waals surface area contributed by atoms with Gasteiger partial charge in [0.15, 0.2) is 0 Å². The molecular weight excluding hydrogens is 262 g/mol. The summed E-state index contributed by atoms with van der Waals surface area (Å²) in [6, 6.07) is 6.93. The fraction of sp³-hybridized carbons (Fsp3) is 0.667. The predicted molar refractivity (Wildman–Crippen MR) is 86.9 cm³/mol. The summed E-state index contributed by atoms with van der Waals surface area (Å²) >= 11 is 0. The molecule has 1 aliphatic carbocycles. The topological polar surface area (TPSA) is 30.5 Å². The van der Waals surface area contributed by atoms with Gasteiger partial charge in [0, 0.05) is 12.6 Å². The minimum atomic E-state index is 0.486. The van der Waals surface area contributed by atoms with Crippen molar-refractivity contribution >= 4 is 0 Å². The summed E-state index contributed by atoms with van der Waals surface area (Å²) in [6.45, 7) is 9.61.